The van der Waals surface area contributed by atoms with Crippen LogP contribution in [0.2, 0.25) is 0 Å². The third-order valence-electron chi connectivity index (χ3n) is 3.41. The van der Waals surface area contributed by atoms with Gasteiger partial charge in [-0.1, -0.05) is 0 Å². The number of amides is 1. The molecule has 1 heterocycles. The van der Waals surface area contributed by atoms with E-state index in [1.54, 1.807) is 12.3 Å². The first kappa shape index (κ1) is 13.8. The van der Waals surface area contributed by atoms with Crippen LogP contribution in [-0.4, -0.2) is 34.7 Å². The Labute approximate surface area is 113 Å². The first-order valence-electron chi connectivity index (χ1n) is 6.88. The second-order valence-electron chi connectivity index (χ2n) is 4.94. The predicted molar refractivity (Wildman–Crippen MR) is 74.1 cm³/mol. The number of anilines is 1. The number of nitrogens with one attached hydrogen (secondary N) is 2. The van der Waals surface area contributed by atoms with E-state index in [0.717, 1.165) is 37.9 Å². The fraction of sp³-hybridized carbons (Fsp3) is 0.571. The molecule has 1 aromatic rings. The van der Waals surface area contributed by atoms with Gasteiger partial charge in [0.1, 0.15) is 5.69 Å². The van der Waals surface area contributed by atoms with Crippen LogP contribution >= 0.6 is 0 Å². The third kappa shape index (κ3) is 3.92. The van der Waals surface area contributed by atoms with Crippen molar-refractivity contribution < 1.29 is 9.90 Å². The lowest BCUT2D eigenvalue weighted by molar-refractivity contribution is 0.0863. The van der Waals surface area contributed by atoms with E-state index in [-0.39, 0.29) is 18.1 Å². The molecule has 1 aliphatic carbocycles. The van der Waals surface area contributed by atoms with Crippen molar-refractivity contribution in [1.82, 2.24) is 10.3 Å². The van der Waals surface area contributed by atoms with Gasteiger partial charge in [0.05, 0.1) is 18.0 Å². The summed E-state index contributed by atoms with van der Waals surface area (Å²) in [5.74, 6) is -0.135. The molecule has 104 valence electrons. The molecule has 5 nitrogen and oxygen atoms in total. The number of aromatic nitrogens is 1. The maximum Gasteiger partial charge on any atom is 0.270 e. The average molecular weight is 263 g/mol. The Morgan fingerprint density at radius 1 is 1.37 bits per heavy atom. The predicted octanol–water partition coefficient (Wildman–Crippen LogP) is 1.55. The quantitative estimate of drug-likeness (QED) is 0.770. The highest BCUT2D eigenvalue weighted by Crippen LogP contribution is 2.18. The van der Waals surface area contributed by atoms with Crippen molar-refractivity contribution in [2.45, 2.75) is 44.8 Å². The minimum atomic E-state index is -0.203. The van der Waals surface area contributed by atoms with Crippen LogP contribution < -0.4 is 10.6 Å². The lowest BCUT2D eigenvalue weighted by Gasteiger charge is -2.26. The Hall–Kier alpha value is -1.62. The van der Waals surface area contributed by atoms with Crippen molar-refractivity contribution in [2.75, 3.05) is 11.9 Å². The number of aliphatic hydroxyl groups is 1. The molecule has 0 unspecified atom stereocenters. The zero-order chi connectivity index (χ0) is 13.7. The molecule has 0 aliphatic heterocycles. The van der Waals surface area contributed by atoms with Crippen LogP contribution in [0.5, 0.6) is 0 Å². The monoisotopic (exact) mass is 263 g/mol. The minimum absolute atomic E-state index is 0.135. The first-order chi connectivity index (χ1) is 9.19. The van der Waals surface area contributed by atoms with Gasteiger partial charge in [0.25, 0.3) is 5.91 Å². The number of carbonyl (C=O) groups is 1. The average Bonchev–Trinajstić information content (AvgIpc) is 2.42. The van der Waals surface area contributed by atoms with Crippen LogP contribution in [0.3, 0.4) is 0 Å². The van der Waals surface area contributed by atoms with E-state index in [1.807, 2.05) is 13.0 Å². The largest absolute Gasteiger partial charge is 0.393 e. The van der Waals surface area contributed by atoms with E-state index < -0.39 is 0 Å². The van der Waals surface area contributed by atoms with E-state index in [9.17, 15) is 9.90 Å². The highest BCUT2D eigenvalue weighted by atomic mass is 16.3. The van der Waals surface area contributed by atoms with Crippen molar-refractivity contribution in [3.63, 3.8) is 0 Å². The molecule has 1 amide bonds. The van der Waals surface area contributed by atoms with Crippen LogP contribution in [0.15, 0.2) is 18.3 Å². The molecule has 1 aromatic heterocycles. The molecule has 2 rings (SSSR count). The van der Waals surface area contributed by atoms with Crippen LogP contribution in [0.1, 0.15) is 43.1 Å². The molecule has 1 fully saturated rings. The van der Waals surface area contributed by atoms with Crippen molar-refractivity contribution in [3.8, 4) is 0 Å². The fourth-order valence-corrected chi connectivity index (χ4v) is 2.32. The molecule has 5 heteroatoms. The molecule has 0 atom stereocenters. The van der Waals surface area contributed by atoms with E-state index in [0.29, 0.717) is 5.69 Å². The number of hydrogen-bond donors (Lipinski definition) is 3. The van der Waals surface area contributed by atoms with E-state index in [4.69, 9.17) is 0 Å². The maximum atomic E-state index is 12.0. The summed E-state index contributed by atoms with van der Waals surface area (Å²) in [5.41, 5.74) is 1.35. The molecule has 3 N–H and O–H groups in total. The van der Waals surface area contributed by atoms with Gasteiger partial charge in [-0.05, 0) is 44.7 Å². The smallest absolute Gasteiger partial charge is 0.270 e. The molecule has 0 aromatic carbocycles. The van der Waals surface area contributed by atoms with E-state index in [1.165, 1.54) is 0 Å². The lowest BCUT2D eigenvalue weighted by Crippen LogP contribution is -2.38. The highest BCUT2D eigenvalue weighted by Gasteiger charge is 2.21. The van der Waals surface area contributed by atoms with Crippen molar-refractivity contribution in [1.29, 1.82) is 0 Å². The standard InChI is InChI=1S/C14H21N3O2/c1-2-15-11-5-8-13(16-9-11)14(19)17-10-3-6-12(18)7-4-10/h5,8-10,12,15,18H,2-4,6-7H2,1H3,(H,17,19). The molecule has 1 aliphatic rings. The van der Waals surface area contributed by atoms with Gasteiger partial charge < -0.3 is 15.7 Å². The van der Waals surface area contributed by atoms with Crippen LogP contribution in [0.4, 0.5) is 5.69 Å². The minimum Gasteiger partial charge on any atom is -0.393 e. The number of aliphatic hydroxyl groups excluding tert-OH is 1. The summed E-state index contributed by atoms with van der Waals surface area (Å²) in [6.07, 6.45) is 4.66. The molecule has 0 saturated heterocycles. The van der Waals surface area contributed by atoms with Crippen molar-refractivity contribution in [2.24, 2.45) is 0 Å². The van der Waals surface area contributed by atoms with Crippen LogP contribution in [0.25, 0.3) is 0 Å². The van der Waals surface area contributed by atoms with Gasteiger partial charge in [-0.25, -0.2) is 4.98 Å². The van der Waals surface area contributed by atoms with E-state index >= 15 is 0 Å². The van der Waals surface area contributed by atoms with Crippen LogP contribution in [0, 0.1) is 0 Å². The Bertz CT molecular complexity index is 411. The zero-order valence-electron chi connectivity index (χ0n) is 11.2. The molecular weight excluding hydrogens is 242 g/mol. The summed E-state index contributed by atoms with van der Waals surface area (Å²) in [4.78, 5) is 16.2. The molecule has 0 bridgehead atoms. The number of hydrogen-bond acceptors (Lipinski definition) is 4. The molecule has 1 saturated carbocycles. The van der Waals surface area contributed by atoms with Gasteiger partial charge in [-0.2, -0.15) is 0 Å². The highest BCUT2D eigenvalue weighted by molar-refractivity contribution is 5.92. The van der Waals surface area contributed by atoms with Crippen molar-refractivity contribution in [3.05, 3.63) is 24.0 Å². The first-order valence-corrected chi connectivity index (χ1v) is 6.88. The SMILES string of the molecule is CCNc1ccc(C(=O)NC2CCC(O)CC2)nc1. The molecule has 0 spiro atoms. The summed E-state index contributed by atoms with van der Waals surface area (Å²) in [7, 11) is 0. The van der Waals surface area contributed by atoms with Gasteiger partial charge in [0.15, 0.2) is 0 Å². The molecular formula is C14H21N3O2. The third-order valence-corrected chi connectivity index (χ3v) is 3.41. The number of rotatable bonds is 4. The Morgan fingerprint density at radius 2 is 2.11 bits per heavy atom. The molecule has 19 heavy (non-hydrogen) atoms. The Kier molecular flexibility index (Phi) is 4.74. The normalized spacial score (nSPS) is 22.8. The second-order valence-corrected chi connectivity index (χ2v) is 4.94. The van der Waals surface area contributed by atoms with Gasteiger partial charge in [-0.15, -0.1) is 0 Å². The van der Waals surface area contributed by atoms with Crippen LogP contribution in [-0.2, 0) is 0 Å². The van der Waals surface area contributed by atoms with E-state index in [2.05, 4.69) is 15.6 Å². The second kappa shape index (κ2) is 6.52. The fourth-order valence-electron chi connectivity index (χ4n) is 2.32. The van der Waals surface area contributed by atoms with Crippen molar-refractivity contribution >= 4 is 11.6 Å². The number of nitrogens with zero attached hydrogens (tertiary/aromatic N) is 1. The summed E-state index contributed by atoms with van der Waals surface area (Å²) < 4.78 is 0. The van der Waals surface area contributed by atoms with Gasteiger partial charge in [0, 0.05) is 12.6 Å². The maximum absolute atomic E-state index is 12.0. The van der Waals surface area contributed by atoms with Gasteiger partial charge in [0.2, 0.25) is 0 Å². The summed E-state index contributed by atoms with van der Waals surface area (Å²) in [5, 5.41) is 15.5. The Morgan fingerprint density at radius 3 is 2.68 bits per heavy atom. The molecule has 0 radical (unpaired) electrons. The summed E-state index contributed by atoms with van der Waals surface area (Å²) in [6.45, 7) is 2.84. The number of carbonyl (C=O) groups excluding carboxylic acids is 1. The Balaban J connectivity index is 1.88. The number of pyridine rings is 1. The summed E-state index contributed by atoms with van der Waals surface area (Å²) >= 11 is 0. The lowest BCUT2D eigenvalue weighted by atomic mass is 9.93. The zero-order valence-corrected chi connectivity index (χ0v) is 11.2. The summed E-state index contributed by atoms with van der Waals surface area (Å²) in [6, 6.07) is 3.74. The van der Waals surface area contributed by atoms with Gasteiger partial charge in [-0.3, -0.25) is 4.79 Å². The topological polar surface area (TPSA) is 74.2 Å². The van der Waals surface area contributed by atoms with Gasteiger partial charge >= 0.3 is 0 Å².